The Hall–Kier alpha value is -3.12. The molecule has 0 radical (unpaired) electrons. The number of rotatable bonds is 6. The lowest BCUT2D eigenvalue weighted by Crippen LogP contribution is -2.58. The topological polar surface area (TPSA) is 0 Å². The van der Waals surface area contributed by atoms with E-state index in [2.05, 4.69) is 156 Å². The molecule has 0 spiro atoms. The fourth-order valence-corrected chi connectivity index (χ4v) is 6.09. The molecule has 0 aromatic heterocycles. The molecule has 33 heavy (non-hydrogen) atoms. The Morgan fingerprint density at radius 3 is 1.15 bits per heavy atom. The zero-order valence-corrected chi connectivity index (χ0v) is 20.6. The van der Waals surface area contributed by atoms with Gasteiger partial charge in [0.05, 0.1) is 0 Å². The molecule has 0 amide bonds. The molecule has 0 aliphatic carbocycles. The maximum atomic E-state index is 2.49. The molecule has 0 aliphatic rings. The van der Waals surface area contributed by atoms with E-state index in [0.29, 0.717) is 0 Å². The first-order valence-electron chi connectivity index (χ1n) is 12.0. The maximum Gasteiger partial charge on any atom is 0.0367 e. The summed E-state index contributed by atoms with van der Waals surface area (Å²) in [6.07, 6.45) is 0. The van der Waals surface area contributed by atoms with Crippen molar-refractivity contribution in [1.82, 2.24) is 0 Å². The van der Waals surface area contributed by atoms with Crippen molar-refractivity contribution in [2.24, 2.45) is 5.41 Å². The van der Waals surface area contributed by atoms with Crippen molar-refractivity contribution in [1.29, 1.82) is 0 Å². The second kappa shape index (κ2) is 9.02. The molecule has 0 nitrogen and oxygen atoms in total. The van der Waals surface area contributed by atoms with Crippen LogP contribution in [0, 0.1) is 5.41 Å². The number of hydrogen-bond acceptors (Lipinski definition) is 0. The van der Waals surface area contributed by atoms with Crippen LogP contribution in [0.4, 0.5) is 0 Å². The Bertz CT molecular complexity index is 1100. The highest BCUT2D eigenvalue weighted by molar-refractivity contribution is 5.53. The van der Waals surface area contributed by atoms with Gasteiger partial charge in [0.15, 0.2) is 0 Å². The van der Waals surface area contributed by atoms with E-state index >= 15 is 0 Å². The first-order valence-corrected chi connectivity index (χ1v) is 12.0. The van der Waals surface area contributed by atoms with E-state index < -0.39 is 0 Å². The third kappa shape index (κ3) is 3.72. The molecular weight excluding hydrogens is 396 g/mol. The van der Waals surface area contributed by atoms with Gasteiger partial charge in [-0.1, -0.05) is 156 Å². The Morgan fingerprint density at radius 2 is 0.788 bits per heavy atom. The van der Waals surface area contributed by atoms with E-state index in [1.165, 1.54) is 22.3 Å². The molecule has 4 aromatic rings. The van der Waals surface area contributed by atoms with E-state index in [1.54, 1.807) is 0 Å². The van der Waals surface area contributed by atoms with Gasteiger partial charge in [-0.05, 0) is 33.6 Å². The van der Waals surface area contributed by atoms with Crippen molar-refractivity contribution in [3.63, 3.8) is 0 Å². The van der Waals surface area contributed by atoms with Crippen molar-refractivity contribution in [2.75, 3.05) is 0 Å². The molecule has 0 heteroatoms. The third-order valence-electron chi connectivity index (χ3n) is 8.05. The quantitative estimate of drug-likeness (QED) is 0.285. The SMILES string of the molecule is C[C@@H](c1ccccc1)C(c1ccccc1)(c1ccccc1)[C@](C)(c1ccccc1)C(C)(C)C. The summed E-state index contributed by atoms with van der Waals surface area (Å²) in [5.74, 6) is 0.230. The van der Waals surface area contributed by atoms with E-state index in [1.807, 2.05) is 0 Å². The molecule has 2 atom stereocenters. The smallest absolute Gasteiger partial charge is 0.0367 e. The molecule has 168 valence electrons. The standard InChI is InChI=1S/C33H36/c1-26(27-18-10-6-11-19-27)33(29-22-14-8-15-23-29,30-24-16-9-17-25-30)32(5,31(2,3)4)28-20-12-7-13-21-28/h6-26H,1-5H3/t26-,32+/m0/s1. The average Bonchev–Trinajstić information content (AvgIpc) is 2.86. The van der Waals surface area contributed by atoms with Crippen LogP contribution >= 0.6 is 0 Å². The van der Waals surface area contributed by atoms with E-state index in [4.69, 9.17) is 0 Å². The van der Waals surface area contributed by atoms with E-state index in [-0.39, 0.29) is 22.2 Å². The van der Waals surface area contributed by atoms with Gasteiger partial charge in [0.2, 0.25) is 0 Å². The summed E-state index contributed by atoms with van der Waals surface area (Å²) in [7, 11) is 0. The Balaban J connectivity index is 2.21. The Morgan fingerprint density at radius 1 is 0.455 bits per heavy atom. The van der Waals surface area contributed by atoms with Gasteiger partial charge in [-0.15, -0.1) is 0 Å². The minimum atomic E-state index is -0.309. The van der Waals surface area contributed by atoms with Gasteiger partial charge >= 0.3 is 0 Å². The van der Waals surface area contributed by atoms with Gasteiger partial charge in [0.25, 0.3) is 0 Å². The fourth-order valence-electron chi connectivity index (χ4n) is 6.09. The predicted octanol–water partition coefficient (Wildman–Crippen LogP) is 8.78. The molecule has 0 fully saturated rings. The highest BCUT2D eigenvalue weighted by atomic mass is 14.6. The molecular formula is C33H36. The van der Waals surface area contributed by atoms with Crippen molar-refractivity contribution < 1.29 is 0 Å². The average molecular weight is 433 g/mol. The summed E-state index contributed by atoms with van der Waals surface area (Å²) in [5, 5.41) is 0. The van der Waals surface area contributed by atoms with E-state index in [0.717, 1.165) is 0 Å². The number of benzene rings is 4. The molecule has 0 bridgehead atoms. The molecule has 4 aromatic carbocycles. The van der Waals surface area contributed by atoms with Crippen molar-refractivity contribution in [2.45, 2.75) is 51.4 Å². The van der Waals surface area contributed by atoms with Crippen molar-refractivity contribution >= 4 is 0 Å². The van der Waals surface area contributed by atoms with Crippen LogP contribution in [0.3, 0.4) is 0 Å². The first-order chi connectivity index (χ1) is 15.8. The molecule has 0 N–H and O–H groups in total. The van der Waals surface area contributed by atoms with Gasteiger partial charge < -0.3 is 0 Å². The lowest BCUT2D eigenvalue weighted by atomic mass is 9.43. The molecule has 0 saturated heterocycles. The normalized spacial score (nSPS) is 14.9. The summed E-state index contributed by atoms with van der Waals surface area (Å²) >= 11 is 0. The van der Waals surface area contributed by atoms with E-state index in [9.17, 15) is 0 Å². The van der Waals surface area contributed by atoms with Crippen molar-refractivity contribution in [3.8, 4) is 0 Å². The third-order valence-corrected chi connectivity index (χ3v) is 8.05. The largest absolute Gasteiger partial charge is 0.0622 e. The van der Waals surface area contributed by atoms with Crippen LogP contribution < -0.4 is 0 Å². The summed E-state index contributed by atoms with van der Waals surface area (Å²) in [6, 6.07) is 44.5. The van der Waals surface area contributed by atoms with Crippen molar-refractivity contribution in [3.05, 3.63) is 144 Å². The summed E-state index contributed by atoms with van der Waals surface area (Å²) in [5.41, 5.74) is 4.87. The maximum absolute atomic E-state index is 2.49. The molecule has 0 unspecified atom stereocenters. The molecule has 4 rings (SSSR count). The molecule has 0 heterocycles. The summed E-state index contributed by atoms with van der Waals surface area (Å²) < 4.78 is 0. The van der Waals surface area contributed by atoms with Gasteiger partial charge in [0.1, 0.15) is 0 Å². The van der Waals surface area contributed by atoms with Crippen LogP contribution in [0.25, 0.3) is 0 Å². The highest BCUT2D eigenvalue weighted by Gasteiger charge is 2.59. The lowest BCUT2D eigenvalue weighted by Gasteiger charge is -2.60. The van der Waals surface area contributed by atoms with Gasteiger partial charge in [-0.3, -0.25) is 0 Å². The predicted molar refractivity (Wildman–Crippen MR) is 142 cm³/mol. The fraction of sp³-hybridized carbons (Fsp3) is 0.273. The van der Waals surface area contributed by atoms with Gasteiger partial charge in [-0.2, -0.15) is 0 Å². The lowest BCUT2D eigenvalue weighted by molar-refractivity contribution is 0.0971. The van der Waals surface area contributed by atoms with Gasteiger partial charge in [-0.25, -0.2) is 0 Å². The molecule has 0 saturated carbocycles. The number of hydrogen-bond donors (Lipinski definition) is 0. The highest BCUT2D eigenvalue weighted by Crippen LogP contribution is 2.62. The minimum absolute atomic E-state index is 0.0386. The zero-order chi connectivity index (χ0) is 23.5. The minimum Gasteiger partial charge on any atom is -0.0622 e. The van der Waals surface area contributed by atoms with Crippen LogP contribution in [0.2, 0.25) is 0 Å². The second-order valence-electron chi connectivity index (χ2n) is 10.4. The van der Waals surface area contributed by atoms with Crippen LogP contribution in [0.1, 0.15) is 62.8 Å². The monoisotopic (exact) mass is 432 g/mol. The van der Waals surface area contributed by atoms with Crippen LogP contribution in [-0.4, -0.2) is 0 Å². The Labute approximate surface area is 200 Å². The summed E-state index contributed by atoms with van der Waals surface area (Å²) in [6.45, 7) is 12.1. The Kier molecular flexibility index (Phi) is 6.30. The van der Waals surface area contributed by atoms with Crippen LogP contribution in [-0.2, 0) is 10.8 Å². The van der Waals surface area contributed by atoms with Crippen LogP contribution in [0.15, 0.2) is 121 Å². The second-order valence-corrected chi connectivity index (χ2v) is 10.4. The first kappa shape index (κ1) is 23.1. The van der Waals surface area contributed by atoms with Crippen LogP contribution in [0.5, 0.6) is 0 Å². The zero-order valence-electron chi connectivity index (χ0n) is 20.6. The van der Waals surface area contributed by atoms with Gasteiger partial charge in [0, 0.05) is 10.8 Å². The summed E-state index contributed by atoms with van der Waals surface area (Å²) in [4.78, 5) is 0. The molecule has 0 aliphatic heterocycles.